The minimum atomic E-state index is -0.400. The van der Waals surface area contributed by atoms with E-state index in [0.717, 1.165) is 0 Å². The largest absolute Gasteiger partial charge is 0.489 e. The summed E-state index contributed by atoms with van der Waals surface area (Å²) in [5, 5.41) is 2.97. The number of benzene rings is 1. The van der Waals surface area contributed by atoms with Crippen LogP contribution in [-0.4, -0.2) is 57.8 Å². The first-order chi connectivity index (χ1) is 9.65. The van der Waals surface area contributed by atoms with E-state index in [1.807, 2.05) is 0 Å². The van der Waals surface area contributed by atoms with Crippen LogP contribution in [0.15, 0.2) is 24.3 Å². The molecule has 0 saturated heterocycles. The number of rotatable bonds is 9. The van der Waals surface area contributed by atoms with Gasteiger partial charge in [0.2, 0.25) is 5.91 Å². The molecule has 1 rings (SSSR count). The number of hydrogen-bond acceptors (Lipinski definition) is 4. The predicted octanol–water partition coefficient (Wildman–Crippen LogP) is 0.899. The Kier molecular flexibility index (Phi) is 7.60. The van der Waals surface area contributed by atoms with Crippen molar-refractivity contribution in [3.05, 3.63) is 30.1 Å². The number of carbonyl (C=O) groups excluding carboxylic acids is 1. The molecule has 112 valence electrons. The van der Waals surface area contributed by atoms with Crippen LogP contribution in [-0.2, 0) is 9.53 Å². The van der Waals surface area contributed by atoms with Gasteiger partial charge in [-0.15, -0.1) is 0 Å². The zero-order valence-electron chi connectivity index (χ0n) is 11.9. The molecule has 0 bridgehead atoms. The van der Waals surface area contributed by atoms with Gasteiger partial charge in [0.15, 0.2) is 11.6 Å². The van der Waals surface area contributed by atoms with Crippen molar-refractivity contribution < 1.29 is 18.7 Å². The average Bonchev–Trinajstić information content (AvgIpc) is 2.45. The summed E-state index contributed by atoms with van der Waals surface area (Å²) in [7, 11) is 3.29. The summed E-state index contributed by atoms with van der Waals surface area (Å²) in [6, 6.07) is 6.20. The van der Waals surface area contributed by atoms with Crippen LogP contribution in [0.4, 0.5) is 4.39 Å². The fraction of sp³-hybridized carbons (Fsp3) is 0.500. The molecule has 6 heteroatoms. The number of likely N-dealkylation sites (N-methyl/N-ethyl adjacent to an activating group) is 1. The Morgan fingerprint density at radius 2 is 2.10 bits per heavy atom. The first kappa shape index (κ1) is 16.4. The lowest BCUT2D eigenvalue weighted by atomic mass is 10.3. The van der Waals surface area contributed by atoms with Crippen molar-refractivity contribution in [3.63, 3.8) is 0 Å². The zero-order valence-corrected chi connectivity index (χ0v) is 11.9. The predicted molar refractivity (Wildman–Crippen MR) is 74.3 cm³/mol. The molecule has 1 amide bonds. The Balaban J connectivity index is 2.20. The second kappa shape index (κ2) is 9.28. The van der Waals surface area contributed by atoms with Gasteiger partial charge in [-0.1, -0.05) is 12.1 Å². The van der Waals surface area contributed by atoms with Crippen molar-refractivity contribution in [2.45, 2.75) is 0 Å². The Morgan fingerprint density at radius 3 is 2.80 bits per heavy atom. The lowest BCUT2D eigenvalue weighted by Gasteiger charge is -2.18. The molecular formula is C14H21FN2O3. The Labute approximate surface area is 118 Å². The number of methoxy groups -OCH3 is 1. The number of hydrogen-bond donors (Lipinski definition) is 1. The van der Waals surface area contributed by atoms with Crippen LogP contribution < -0.4 is 10.1 Å². The summed E-state index contributed by atoms with van der Waals surface area (Å²) in [6.45, 7) is 2.09. The molecule has 0 aliphatic heterocycles. The molecule has 0 radical (unpaired) electrons. The van der Waals surface area contributed by atoms with E-state index in [1.165, 1.54) is 6.07 Å². The number of halogens is 1. The van der Waals surface area contributed by atoms with Crippen molar-refractivity contribution in [2.75, 3.05) is 47.0 Å². The van der Waals surface area contributed by atoms with Crippen molar-refractivity contribution in [3.8, 4) is 5.75 Å². The van der Waals surface area contributed by atoms with E-state index in [1.54, 1.807) is 37.3 Å². The maximum absolute atomic E-state index is 13.3. The Morgan fingerprint density at radius 1 is 1.35 bits per heavy atom. The molecule has 1 aromatic rings. The topological polar surface area (TPSA) is 50.8 Å². The molecule has 0 fully saturated rings. The molecule has 20 heavy (non-hydrogen) atoms. The molecule has 0 unspecified atom stereocenters. The molecule has 0 saturated carbocycles. The third-order valence-corrected chi connectivity index (χ3v) is 2.71. The average molecular weight is 284 g/mol. The number of amides is 1. The number of para-hydroxylation sites is 1. The van der Waals surface area contributed by atoms with Gasteiger partial charge in [0.25, 0.3) is 0 Å². The second-order valence-electron chi connectivity index (χ2n) is 4.26. The number of ether oxygens (including phenoxy) is 2. The minimum absolute atomic E-state index is 0.0433. The first-order valence-corrected chi connectivity index (χ1v) is 6.46. The van der Waals surface area contributed by atoms with Crippen LogP contribution >= 0.6 is 0 Å². The summed E-state index contributed by atoms with van der Waals surface area (Å²) in [5.74, 6) is -0.243. The van der Waals surface area contributed by atoms with Crippen LogP contribution in [0.25, 0.3) is 0 Å². The van der Waals surface area contributed by atoms with E-state index >= 15 is 0 Å². The summed E-state index contributed by atoms with van der Waals surface area (Å²) in [5.41, 5.74) is 0. The lowest BCUT2D eigenvalue weighted by molar-refractivity contribution is -0.129. The van der Waals surface area contributed by atoms with Crippen LogP contribution in [0.5, 0.6) is 5.75 Å². The number of nitrogens with one attached hydrogen (secondary N) is 1. The molecule has 0 heterocycles. The van der Waals surface area contributed by atoms with Crippen molar-refractivity contribution >= 4 is 5.91 Å². The Bertz CT molecular complexity index is 415. The molecule has 0 spiro atoms. The molecule has 0 aromatic heterocycles. The first-order valence-electron chi connectivity index (χ1n) is 6.46. The van der Waals surface area contributed by atoms with Gasteiger partial charge in [0, 0.05) is 20.7 Å². The highest BCUT2D eigenvalue weighted by atomic mass is 19.1. The van der Waals surface area contributed by atoms with E-state index in [2.05, 4.69) is 5.32 Å². The normalized spacial score (nSPS) is 10.3. The quantitative estimate of drug-likeness (QED) is 0.685. The van der Waals surface area contributed by atoms with Gasteiger partial charge in [-0.2, -0.15) is 0 Å². The van der Waals surface area contributed by atoms with Gasteiger partial charge in [-0.05, 0) is 12.1 Å². The molecule has 0 atom stereocenters. The lowest BCUT2D eigenvalue weighted by Crippen LogP contribution is -2.38. The highest BCUT2D eigenvalue weighted by Crippen LogP contribution is 2.14. The van der Waals surface area contributed by atoms with Gasteiger partial charge in [0.1, 0.15) is 6.61 Å². The summed E-state index contributed by atoms with van der Waals surface area (Å²) in [4.78, 5) is 13.3. The molecule has 1 aromatic carbocycles. The summed E-state index contributed by atoms with van der Waals surface area (Å²) in [6.07, 6.45) is 0. The minimum Gasteiger partial charge on any atom is -0.489 e. The van der Waals surface area contributed by atoms with Crippen molar-refractivity contribution in [1.29, 1.82) is 0 Å². The van der Waals surface area contributed by atoms with E-state index < -0.39 is 5.82 Å². The number of carbonyl (C=O) groups is 1. The molecule has 5 nitrogen and oxygen atoms in total. The second-order valence-corrected chi connectivity index (χ2v) is 4.26. The maximum Gasteiger partial charge on any atom is 0.236 e. The van der Waals surface area contributed by atoms with Crippen molar-refractivity contribution in [2.24, 2.45) is 0 Å². The van der Waals surface area contributed by atoms with Crippen LogP contribution in [0.2, 0.25) is 0 Å². The highest BCUT2D eigenvalue weighted by molar-refractivity contribution is 5.77. The highest BCUT2D eigenvalue weighted by Gasteiger charge is 2.08. The van der Waals surface area contributed by atoms with E-state index in [4.69, 9.17) is 9.47 Å². The molecular weight excluding hydrogens is 263 g/mol. The van der Waals surface area contributed by atoms with Gasteiger partial charge in [-0.3, -0.25) is 4.79 Å². The van der Waals surface area contributed by atoms with Crippen LogP contribution in [0.1, 0.15) is 0 Å². The van der Waals surface area contributed by atoms with E-state index in [0.29, 0.717) is 19.7 Å². The molecule has 0 aliphatic carbocycles. The fourth-order valence-corrected chi connectivity index (χ4v) is 1.48. The molecule has 1 N–H and O–H groups in total. The van der Waals surface area contributed by atoms with Gasteiger partial charge in [0.05, 0.1) is 19.7 Å². The van der Waals surface area contributed by atoms with Gasteiger partial charge in [-0.25, -0.2) is 4.39 Å². The third kappa shape index (κ3) is 5.99. The van der Waals surface area contributed by atoms with E-state index in [-0.39, 0.29) is 24.8 Å². The zero-order chi connectivity index (χ0) is 14.8. The van der Waals surface area contributed by atoms with Crippen LogP contribution in [0, 0.1) is 5.82 Å². The summed E-state index contributed by atoms with van der Waals surface area (Å²) >= 11 is 0. The summed E-state index contributed by atoms with van der Waals surface area (Å²) < 4.78 is 23.4. The van der Waals surface area contributed by atoms with Gasteiger partial charge < -0.3 is 19.7 Å². The molecule has 0 aliphatic rings. The number of nitrogens with zero attached hydrogens (tertiary/aromatic N) is 1. The van der Waals surface area contributed by atoms with Crippen LogP contribution in [0.3, 0.4) is 0 Å². The van der Waals surface area contributed by atoms with Crippen molar-refractivity contribution in [1.82, 2.24) is 10.2 Å². The van der Waals surface area contributed by atoms with E-state index in [9.17, 15) is 9.18 Å². The monoisotopic (exact) mass is 284 g/mol. The fourth-order valence-electron chi connectivity index (χ4n) is 1.48. The third-order valence-electron chi connectivity index (χ3n) is 2.71. The standard InChI is InChI=1S/C14H21FN2O3/c1-17(14(18)11-16-7-9-19-2)8-10-20-13-6-4-3-5-12(13)15/h3-6,16H,7-11H2,1-2H3. The van der Waals surface area contributed by atoms with Gasteiger partial charge >= 0.3 is 0 Å². The maximum atomic E-state index is 13.3. The smallest absolute Gasteiger partial charge is 0.236 e. The Hall–Kier alpha value is -1.66. The SMILES string of the molecule is COCCNCC(=O)N(C)CCOc1ccccc1F.